The highest BCUT2D eigenvalue weighted by Crippen LogP contribution is 2.33. The lowest BCUT2D eigenvalue weighted by atomic mass is 10.1. The van der Waals surface area contributed by atoms with Gasteiger partial charge < -0.3 is 9.88 Å². The lowest BCUT2D eigenvalue weighted by Gasteiger charge is -2.14. The smallest absolute Gasteiger partial charge is 0.326 e. The minimum atomic E-state index is -4.56. The van der Waals surface area contributed by atoms with E-state index in [1.54, 1.807) is 25.3 Å². The Morgan fingerprint density at radius 3 is 2.54 bits per heavy atom. The van der Waals surface area contributed by atoms with E-state index in [4.69, 9.17) is 23.2 Å². The molecule has 0 aliphatic rings. The fraction of sp³-hybridized carbons (Fsp3) is 0.158. The molecule has 0 fully saturated rings. The van der Waals surface area contributed by atoms with Crippen molar-refractivity contribution in [1.29, 1.82) is 0 Å². The molecule has 9 heteroatoms. The van der Waals surface area contributed by atoms with Crippen molar-refractivity contribution < 1.29 is 18.0 Å². The van der Waals surface area contributed by atoms with E-state index in [2.05, 4.69) is 10.3 Å². The van der Waals surface area contributed by atoms with Crippen LogP contribution in [0.5, 0.6) is 0 Å². The lowest BCUT2D eigenvalue weighted by Crippen LogP contribution is -2.16. The molecule has 1 amide bonds. The number of alkyl halides is 3. The van der Waals surface area contributed by atoms with Gasteiger partial charge >= 0.3 is 6.18 Å². The van der Waals surface area contributed by atoms with E-state index < -0.39 is 17.6 Å². The molecule has 1 aromatic heterocycles. The standard InChI is InChI=1S/C19H14Cl2F3N3O/c1-11-9-27(10-25-11)16-6-13(19(22,23)24)5-15(8-16)26-18(28)4-12-2-3-14(20)7-17(12)21/h2-3,5-10H,4H2,1H3,(H,26,28). The van der Waals surface area contributed by atoms with Crippen LogP contribution in [0.4, 0.5) is 18.9 Å². The molecule has 2 aromatic carbocycles. The van der Waals surface area contributed by atoms with Crippen LogP contribution in [0.1, 0.15) is 16.8 Å². The molecule has 28 heavy (non-hydrogen) atoms. The Labute approximate surface area is 168 Å². The van der Waals surface area contributed by atoms with Crippen LogP contribution >= 0.6 is 23.2 Å². The van der Waals surface area contributed by atoms with Gasteiger partial charge in [-0.1, -0.05) is 29.3 Å². The SMILES string of the molecule is Cc1cn(-c2cc(NC(=O)Cc3ccc(Cl)cc3Cl)cc(C(F)(F)F)c2)cn1. The van der Waals surface area contributed by atoms with E-state index in [0.29, 0.717) is 21.3 Å². The first-order valence-corrected chi connectivity index (χ1v) is 8.84. The van der Waals surface area contributed by atoms with Gasteiger partial charge in [-0.3, -0.25) is 4.79 Å². The van der Waals surface area contributed by atoms with Crippen LogP contribution in [-0.2, 0) is 17.4 Å². The third-order valence-corrected chi connectivity index (χ3v) is 4.49. The number of halogens is 5. The van der Waals surface area contributed by atoms with Crippen LogP contribution in [0.15, 0.2) is 48.9 Å². The molecule has 0 radical (unpaired) electrons. The number of carbonyl (C=O) groups excluding carboxylic acids is 1. The van der Waals surface area contributed by atoms with E-state index in [1.165, 1.54) is 23.0 Å². The molecule has 4 nitrogen and oxygen atoms in total. The highest BCUT2D eigenvalue weighted by molar-refractivity contribution is 6.35. The summed E-state index contributed by atoms with van der Waals surface area (Å²) < 4.78 is 41.3. The fourth-order valence-corrected chi connectivity index (χ4v) is 3.08. The molecule has 0 atom stereocenters. The van der Waals surface area contributed by atoms with Gasteiger partial charge in [0.15, 0.2) is 0 Å². The first-order valence-electron chi connectivity index (χ1n) is 8.09. The van der Waals surface area contributed by atoms with Gasteiger partial charge in [-0.2, -0.15) is 13.2 Å². The van der Waals surface area contributed by atoms with Gasteiger partial charge in [-0.15, -0.1) is 0 Å². The predicted octanol–water partition coefficient (Wildman–Crippen LogP) is 5.69. The summed E-state index contributed by atoms with van der Waals surface area (Å²) in [5.41, 5.74) is 0.541. The Hall–Kier alpha value is -2.51. The highest BCUT2D eigenvalue weighted by atomic mass is 35.5. The Balaban J connectivity index is 1.88. The predicted molar refractivity (Wildman–Crippen MR) is 102 cm³/mol. The molecular weight excluding hydrogens is 414 g/mol. The van der Waals surface area contributed by atoms with Crippen molar-refractivity contribution in [2.45, 2.75) is 19.5 Å². The fourth-order valence-electron chi connectivity index (χ4n) is 2.60. The maximum absolute atomic E-state index is 13.3. The molecule has 0 unspecified atom stereocenters. The molecule has 0 spiro atoms. The van der Waals surface area contributed by atoms with Crippen molar-refractivity contribution in [1.82, 2.24) is 9.55 Å². The molecule has 1 N–H and O–H groups in total. The van der Waals surface area contributed by atoms with Gasteiger partial charge in [0.2, 0.25) is 5.91 Å². The summed E-state index contributed by atoms with van der Waals surface area (Å²) in [6.07, 6.45) is -1.67. The molecule has 0 aliphatic carbocycles. The quantitative estimate of drug-likeness (QED) is 0.581. The first-order chi connectivity index (χ1) is 13.1. The number of amides is 1. The average Bonchev–Trinajstić information content (AvgIpc) is 3.03. The first kappa shape index (κ1) is 20.2. The zero-order chi connectivity index (χ0) is 20.5. The van der Waals surface area contributed by atoms with Gasteiger partial charge in [0.05, 0.1) is 24.0 Å². The number of rotatable bonds is 4. The van der Waals surface area contributed by atoms with Crippen molar-refractivity contribution in [3.05, 3.63) is 75.8 Å². The van der Waals surface area contributed by atoms with Crippen LogP contribution in [-0.4, -0.2) is 15.5 Å². The maximum atomic E-state index is 13.3. The van der Waals surface area contributed by atoms with Crippen molar-refractivity contribution >= 4 is 34.8 Å². The Kier molecular flexibility index (Phi) is 5.67. The van der Waals surface area contributed by atoms with Gasteiger partial charge in [0.1, 0.15) is 0 Å². The van der Waals surface area contributed by atoms with Gasteiger partial charge in [0.25, 0.3) is 0 Å². The van der Waals surface area contributed by atoms with Crippen LogP contribution in [0.2, 0.25) is 10.0 Å². The molecule has 3 aromatic rings. The number of benzene rings is 2. The summed E-state index contributed by atoms with van der Waals surface area (Å²) in [5, 5.41) is 3.23. The summed E-state index contributed by atoms with van der Waals surface area (Å²) in [7, 11) is 0. The zero-order valence-electron chi connectivity index (χ0n) is 14.5. The van der Waals surface area contributed by atoms with Crippen LogP contribution < -0.4 is 5.32 Å². The molecule has 0 saturated carbocycles. The molecule has 1 heterocycles. The van der Waals surface area contributed by atoms with Crippen molar-refractivity contribution in [2.24, 2.45) is 0 Å². The Morgan fingerprint density at radius 1 is 1.18 bits per heavy atom. The molecule has 0 aliphatic heterocycles. The van der Waals surface area contributed by atoms with E-state index in [9.17, 15) is 18.0 Å². The van der Waals surface area contributed by atoms with Crippen molar-refractivity contribution in [3.63, 3.8) is 0 Å². The lowest BCUT2D eigenvalue weighted by molar-refractivity contribution is -0.137. The molecular formula is C19H14Cl2F3N3O. The number of nitrogens with zero attached hydrogens (tertiary/aromatic N) is 2. The zero-order valence-corrected chi connectivity index (χ0v) is 16.0. The largest absolute Gasteiger partial charge is 0.416 e. The monoisotopic (exact) mass is 427 g/mol. The number of carbonyl (C=O) groups is 1. The molecule has 0 bridgehead atoms. The molecule has 0 saturated heterocycles. The minimum Gasteiger partial charge on any atom is -0.326 e. The van der Waals surface area contributed by atoms with E-state index in [-0.39, 0.29) is 17.8 Å². The van der Waals surface area contributed by atoms with Gasteiger partial charge in [-0.05, 0) is 42.8 Å². The third kappa shape index (κ3) is 4.85. The number of hydrogen-bond donors (Lipinski definition) is 1. The van der Waals surface area contributed by atoms with Gasteiger partial charge in [0, 0.05) is 27.6 Å². The highest BCUT2D eigenvalue weighted by Gasteiger charge is 2.31. The summed E-state index contributed by atoms with van der Waals surface area (Å²) in [6.45, 7) is 1.72. The number of imidazole rings is 1. The van der Waals surface area contributed by atoms with E-state index >= 15 is 0 Å². The van der Waals surface area contributed by atoms with Gasteiger partial charge in [-0.25, -0.2) is 4.98 Å². The Bertz CT molecular complexity index is 1030. The second-order valence-electron chi connectivity index (χ2n) is 6.15. The van der Waals surface area contributed by atoms with Crippen LogP contribution in [0.3, 0.4) is 0 Å². The summed E-state index contributed by atoms with van der Waals surface area (Å²) >= 11 is 11.9. The second kappa shape index (κ2) is 7.85. The number of nitrogens with one attached hydrogen (secondary N) is 1. The molecule has 3 rings (SSSR count). The number of hydrogen-bond acceptors (Lipinski definition) is 2. The number of aryl methyl sites for hydroxylation is 1. The van der Waals surface area contributed by atoms with Crippen LogP contribution in [0, 0.1) is 6.92 Å². The van der Waals surface area contributed by atoms with Crippen molar-refractivity contribution in [3.8, 4) is 5.69 Å². The van der Waals surface area contributed by atoms with Crippen molar-refractivity contribution in [2.75, 3.05) is 5.32 Å². The normalized spacial score (nSPS) is 11.5. The molecule has 146 valence electrons. The maximum Gasteiger partial charge on any atom is 0.416 e. The summed E-state index contributed by atoms with van der Waals surface area (Å²) in [6, 6.07) is 7.99. The summed E-state index contributed by atoms with van der Waals surface area (Å²) in [4.78, 5) is 16.3. The summed E-state index contributed by atoms with van der Waals surface area (Å²) in [5.74, 6) is -0.503. The third-order valence-electron chi connectivity index (χ3n) is 3.90. The number of aromatic nitrogens is 2. The average molecular weight is 428 g/mol. The number of anilines is 1. The Morgan fingerprint density at radius 2 is 1.93 bits per heavy atom. The second-order valence-corrected chi connectivity index (χ2v) is 6.99. The topological polar surface area (TPSA) is 46.9 Å². The van der Waals surface area contributed by atoms with E-state index in [0.717, 1.165) is 12.1 Å². The van der Waals surface area contributed by atoms with Crippen LogP contribution in [0.25, 0.3) is 5.69 Å². The minimum absolute atomic E-state index is 0.0197. The van der Waals surface area contributed by atoms with E-state index in [1.807, 2.05) is 0 Å².